The fraction of sp³-hybridized carbons (Fsp3) is 0.250. The number of carbonyl (C=O) groups is 1. The predicted octanol–water partition coefficient (Wildman–Crippen LogP) is 0.960. The minimum atomic E-state index is -0.541. The summed E-state index contributed by atoms with van der Waals surface area (Å²) in [6.45, 7) is 3.59. The van der Waals surface area contributed by atoms with E-state index in [0.717, 1.165) is 0 Å². The highest BCUT2D eigenvalue weighted by Crippen LogP contribution is 2.13. The summed E-state index contributed by atoms with van der Waals surface area (Å²) in [4.78, 5) is 23.9. The minimum absolute atomic E-state index is 0.0923. The number of carbonyl (C=O) groups excluding carboxylic acids is 1. The van der Waals surface area contributed by atoms with Crippen LogP contribution in [0, 0.1) is 17.0 Å². The van der Waals surface area contributed by atoms with Crippen LogP contribution < -0.4 is 9.74 Å². The second-order valence-electron chi connectivity index (χ2n) is 3.87. The Bertz CT molecular complexity index is 676. The van der Waals surface area contributed by atoms with Gasteiger partial charge >= 0.3 is 11.6 Å². The lowest BCUT2D eigenvalue weighted by atomic mass is 10.2. The Morgan fingerprint density at radius 3 is 2.78 bits per heavy atom. The van der Waals surface area contributed by atoms with Crippen molar-refractivity contribution in [3.05, 3.63) is 45.8 Å². The lowest BCUT2D eigenvalue weighted by Gasteiger charge is -2.15. The number of rotatable bonds is 2. The third-order valence-electron chi connectivity index (χ3n) is 2.72. The zero-order valence-corrected chi connectivity index (χ0v) is 10.1. The first kappa shape index (κ1) is 12.1. The molecule has 0 spiro atoms. The molecule has 6 heteroatoms. The average Bonchev–Trinajstić information content (AvgIpc) is 2.37. The molecule has 0 atom stereocenters. The van der Waals surface area contributed by atoms with Gasteiger partial charge in [0.25, 0.3) is 5.52 Å². The summed E-state index contributed by atoms with van der Waals surface area (Å²) in [5.41, 5.74) is 0.359. The van der Waals surface area contributed by atoms with E-state index in [0.29, 0.717) is 15.7 Å². The monoisotopic (exact) mass is 247 g/mol. The Labute approximate surface area is 103 Å². The van der Waals surface area contributed by atoms with Crippen LogP contribution >= 0.6 is 0 Å². The maximum atomic E-state index is 12.1. The fourth-order valence-electron chi connectivity index (χ4n) is 1.85. The Hall–Kier alpha value is -2.37. The minimum Gasteiger partial charge on any atom is -0.805 e. The van der Waals surface area contributed by atoms with E-state index < -0.39 is 5.91 Å². The van der Waals surface area contributed by atoms with Crippen LogP contribution in [0.2, 0.25) is 0 Å². The largest absolute Gasteiger partial charge is 0.805 e. The van der Waals surface area contributed by atoms with Crippen molar-refractivity contribution in [2.75, 3.05) is 6.54 Å². The van der Waals surface area contributed by atoms with Crippen LogP contribution in [0.4, 0.5) is 0 Å². The molecule has 94 valence electrons. The number of nitrogens with zero attached hydrogens (tertiary/aromatic N) is 2. The third-order valence-corrected chi connectivity index (χ3v) is 2.72. The summed E-state index contributed by atoms with van der Waals surface area (Å²) in [6, 6.07) is 6.37. The summed E-state index contributed by atoms with van der Waals surface area (Å²) in [5, 5.41) is 14.5. The summed E-state index contributed by atoms with van der Waals surface area (Å²) in [6.07, 6.45) is 0. The Balaban J connectivity index is 2.83. The molecule has 2 aromatic rings. The maximum Gasteiger partial charge on any atom is 0.346 e. The van der Waals surface area contributed by atoms with Gasteiger partial charge in [0.1, 0.15) is 5.52 Å². The topological polar surface area (TPSA) is 80.1 Å². The molecular weight excluding hydrogens is 234 g/mol. The van der Waals surface area contributed by atoms with Crippen molar-refractivity contribution in [3.63, 3.8) is 0 Å². The predicted molar refractivity (Wildman–Crippen MR) is 66.8 cm³/mol. The van der Waals surface area contributed by atoms with Gasteiger partial charge in [0.2, 0.25) is 0 Å². The lowest BCUT2D eigenvalue weighted by Crippen LogP contribution is -2.36. The molecule has 2 rings (SSSR count). The van der Waals surface area contributed by atoms with E-state index in [4.69, 9.17) is 0 Å². The molecule has 18 heavy (non-hydrogen) atoms. The standard InChI is InChI=1S/C12H13N3O3/c1-3-13-12(16)11-8(2)14(17)9-6-4-5-7-10(9)15(11)18/h4-7H,3H2,1-2H3,(H,13,16). The number of amides is 1. The summed E-state index contributed by atoms with van der Waals surface area (Å²) in [7, 11) is 0. The molecule has 1 amide bonds. The van der Waals surface area contributed by atoms with E-state index in [9.17, 15) is 14.9 Å². The van der Waals surface area contributed by atoms with E-state index in [1.807, 2.05) is 0 Å². The van der Waals surface area contributed by atoms with Gasteiger partial charge in [0.05, 0.1) is 10.1 Å². The molecule has 0 bridgehead atoms. The number of aromatic nitrogens is 2. The van der Waals surface area contributed by atoms with Crippen LogP contribution in [0.3, 0.4) is 0 Å². The number of para-hydroxylation sites is 2. The zero-order chi connectivity index (χ0) is 13.3. The lowest BCUT2D eigenvalue weighted by molar-refractivity contribution is -0.468. The molecule has 0 unspecified atom stereocenters. The highest BCUT2D eigenvalue weighted by molar-refractivity contribution is 5.93. The number of hydrogen-bond donors (Lipinski definition) is 1. The smallest absolute Gasteiger partial charge is 0.346 e. The molecule has 1 aromatic carbocycles. The van der Waals surface area contributed by atoms with Crippen LogP contribution in [0.15, 0.2) is 24.3 Å². The van der Waals surface area contributed by atoms with Gasteiger partial charge in [-0.05, 0) is 19.9 Å². The van der Waals surface area contributed by atoms with Crippen molar-refractivity contribution in [1.82, 2.24) is 10.0 Å². The summed E-state index contributed by atoms with van der Waals surface area (Å²) in [5.74, 6) is -0.541. The van der Waals surface area contributed by atoms with E-state index in [-0.39, 0.29) is 22.4 Å². The molecule has 0 fully saturated rings. The molecule has 0 saturated carbocycles. The summed E-state index contributed by atoms with van der Waals surface area (Å²) < 4.78 is 1.11. The van der Waals surface area contributed by atoms with Crippen molar-refractivity contribution < 1.29 is 9.22 Å². The van der Waals surface area contributed by atoms with E-state index in [2.05, 4.69) is 5.32 Å². The second kappa shape index (κ2) is 4.48. The first-order valence-electron chi connectivity index (χ1n) is 5.60. The van der Waals surface area contributed by atoms with E-state index in [1.54, 1.807) is 25.1 Å². The first-order valence-corrected chi connectivity index (χ1v) is 5.60. The van der Waals surface area contributed by atoms with Gasteiger partial charge in [0, 0.05) is 17.5 Å². The zero-order valence-electron chi connectivity index (χ0n) is 10.1. The number of hydrogen-bond acceptors (Lipinski definition) is 3. The highest BCUT2D eigenvalue weighted by Gasteiger charge is 2.25. The molecule has 1 N–H and O–H groups in total. The van der Waals surface area contributed by atoms with Crippen LogP contribution in [0.5, 0.6) is 0 Å². The van der Waals surface area contributed by atoms with Crippen molar-refractivity contribution in [2.45, 2.75) is 13.8 Å². The number of nitrogens with one attached hydrogen (secondary N) is 1. The van der Waals surface area contributed by atoms with Gasteiger partial charge < -0.3 is 15.3 Å². The molecular formula is C12H13N3O3. The molecule has 0 aliphatic rings. The maximum absolute atomic E-state index is 12.1. The van der Waals surface area contributed by atoms with Gasteiger partial charge in [0.15, 0.2) is 0 Å². The number of fused-ring (bicyclic) bond motifs is 1. The van der Waals surface area contributed by atoms with Crippen molar-refractivity contribution in [3.8, 4) is 0 Å². The number of benzene rings is 1. The fourth-order valence-corrected chi connectivity index (χ4v) is 1.85. The van der Waals surface area contributed by atoms with Gasteiger partial charge in [-0.1, -0.05) is 12.1 Å². The van der Waals surface area contributed by atoms with Gasteiger partial charge in [-0.15, -0.1) is 0 Å². The Morgan fingerprint density at radius 1 is 1.44 bits per heavy atom. The van der Waals surface area contributed by atoms with Crippen LogP contribution in [-0.4, -0.2) is 17.2 Å². The van der Waals surface area contributed by atoms with E-state index >= 15 is 0 Å². The molecule has 6 nitrogen and oxygen atoms in total. The molecule has 1 heterocycles. The van der Waals surface area contributed by atoms with Crippen LogP contribution in [-0.2, 0) is 0 Å². The quantitative estimate of drug-likeness (QED) is 0.802. The van der Waals surface area contributed by atoms with Gasteiger partial charge in [-0.25, -0.2) is 0 Å². The van der Waals surface area contributed by atoms with Crippen molar-refractivity contribution in [1.29, 1.82) is 0 Å². The molecule has 0 aliphatic carbocycles. The van der Waals surface area contributed by atoms with Crippen molar-refractivity contribution in [2.24, 2.45) is 0 Å². The first-order chi connectivity index (χ1) is 8.57. The molecule has 0 saturated heterocycles. The van der Waals surface area contributed by atoms with Gasteiger partial charge in [-0.3, -0.25) is 4.79 Å². The second-order valence-corrected chi connectivity index (χ2v) is 3.87. The highest BCUT2D eigenvalue weighted by atomic mass is 16.5. The van der Waals surface area contributed by atoms with E-state index in [1.165, 1.54) is 13.0 Å². The Morgan fingerprint density at radius 2 is 2.11 bits per heavy atom. The molecule has 0 aliphatic heterocycles. The SMILES string of the molecule is CCNC(=O)c1c(C)n([O-])c2ccccc2[n+]1=O. The average molecular weight is 247 g/mol. The third kappa shape index (κ3) is 1.71. The van der Waals surface area contributed by atoms with Gasteiger partial charge in [-0.2, -0.15) is 0 Å². The normalized spacial score (nSPS) is 10.6. The van der Waals surface area contributed by atoms with Crippen LogP contribution in [0.25, 0.3) is 11.0 Å². The van der Waals surface area contributed by atoms with Crippen LogP contribution in [0.1, 0.15) is 23.1 Å². The van der Waals surface area contributed by atoms with Crippen molar-refractivity contribution >= 4 is 16.9 Å². The molecule has 0 radical (unpaired) electrons. The Kier molecular flexibility index (Phi) is 3.01. The molecule has 1 aromatic heterocycles. The summed E-state index contributed by atoms with van der Waals surface area (Å²) >= 11 is 0.